The van der Waals surface area contributed by atoms with Gasteiger partial charge >= 0.3 is 6.09 Å². The van der Waals surface area contributed by atoms with Gasteiger partial charge in [0.05, 0.1) is 10.5 Å². The van der Waals surface area contributed by atoms with Crippen LogP contribution in [0.15, 0.2) is 24.4 Å². The van der Waals surface area contributed by atoms with E-state index in [4.69, 9.17) is 16.3 Å². The molecule has 0 bridgehead atoms. The highest BCUT2D eigenvalue weighted by Crippen LogP contribution is 2.28. The summed E-state index contributed by atoms with van der Waals surface area (Å²) < 4.78 is 6.82. The maximum Gasteiger partial charge on any atom is 0.418 e. The lowest BCUT2D eigenvalue weighted by molar-refractivity contribution is 0.0544. The molecule has 0 amide bonds. The van der Waals surface area contributed by atoms with Gasteiger partial charge in [-0.1, -0.05) is 17.7 Å². The van der Waals surface area contributed by atoms with E-state index in [0.717, 1.165) is 16.5 Å². The van der Waals surface area contributed by atoms with Crippen LogP contribution in [0, 0.1) is 6.92 Å². The van der Waals surface area contributed by atoms with E-state index in [1.807, 2.05) is 45.9 Å². The molecule has 0 saturated heterocycles. The van der Waals surface area contributed by atoms with Crippen molar-refractivity contribution in [2.45, 2.75) is 33.3 Å². The minimum atomic E-state index is -0.512. The van der Waals surface area contributed by atoms with Crippen molar-refractivity contribution in [3.8, 4) is 0 Å². The molecule has 0 aliphatic carbocycles. The van der Waals surface area contributed by atoms with Crippen molar-refractivity contribution in [1.29, 1.82) is 0 Å². The van der Waals surface area contributed by atoms with Crippen molar-refractivity contribution in [3.63, 3.8) is 0 Å². The summed E-state index contributed by atoms with van der Waals surface area (Å²) in [7, 11) is 0. The van der Waals surface area contributed by atoms with E-state index in [1.54, 1.807) is 6.20 Å². The zero-order chi connectivity index (χ0) is 13.5. The predicted molar refractivity (Wildman–Crippen MR) is 73.3 cm³/mol. The lowest BCUT2D eigenvalue weighted by atomic mass is 10.2. The lowest BCUT2D eigenvalue weighted by Gasteiger charge is -2.19. The van der Waals surface area contributed by atoms with Crippen LogP contribution in [-0.4, -0.2) is 16.3 Å². The third-order valence-corrected chi connectivity index (χ3v) is 3.09. The van der Waals surface area contributed by atoms with E-state index < -0.39 is 11.7 Å². The molecule has 1 aromatic carbocycles. The molecular formula is C14H16ClNO2. The lowest BCUT2D eigenvalue weighted by Crippen LogP contribution is -2.26. The molecule has 1 aromatic heterocycles. The van der Waals surface area contributed by atoms with Crippen LogP contribution in [0.3, 0.4) is 0 Å². The van der Waals surface area contributed by atoms with Crippen molar-refractivity contribution in [3.05, 3.63) is 35.0 Å². The Labute approximate surface area is 111 Å². The minimum Gasteiger partial charge on any atom is -0.443 e. The highest BCUT2D eigenvalue weighted by Gasteiger charge is 2.19. The van der Waals surface area contributed by atoms with Crippen molar-refractivity contribution in [1.82, 2.24) is 4.57 Å². The zero-order valence-electron chi connectivity index (χ0n) is 11.0. The molecular weight excluding hydrogens is 250 g/mol. The summed E-state index contributed by atoms with van der Waals surface area (Å²) in [5.74, 6) is 0. The monoisotopic (exact) mass is 265 g/mol. The van der Waals surface area contributed by atoms with Crippen LogP contribution in [-0.2, 0) is 4.74 Å². The first-order chi connectivity index (χ1) is 8.29. The van der Waals surface area contributed by atoms with Gasteiger partial charge < -0.3 is 4.74 Å². The van der Waals surface area contributed by atoms with E-state index in [1.165, 1.54) is 4.57 Å². The maximum absolute atomic E-state index is 12.0. The summed E-state index contributed by atoms with van der Waals surface area (Å²) in [5, 5.41) is 1.54. The fraction of sp³-hybridized carbons (Fsp3) is 0.357. The Balaban J connectivity index is 2.48. The Bertz CT molecular complexity index is 608. The molecule has 2 rings (SSSR count). The second-order valence-electron chi connectivity index (χ2n) is 5.30. The Morgan fingerprint density at radius 1 is 1.28 bits per heavy atom. The fourth-order valence-corrected chi connectivity index (χ4v) is 1.98. The van der Waals surface area contributed by atoms with E-state index >= 15 is 0 Å². The number of nitrogens with zero attached hydrogens (tertiary/aromatic N) is 1. The van der Waals surface area contributed by atoms with Gasteiger partial charge in [0.25, 0.3) is 0 Å². The van der Waals surface area contributed by atoms with Gasteiger partial charge in [0.2, 0.25) is 0 Å². The Hall–Kier alpha value is -1.48. The van der Waals surface area contributed by atoms with Gasteiger partial charge in [0, 0.05) is 11.6 Å². The largest absolute Gasteiger partial charge is 0.443 e. The topological polar surface area (TPSA) is 31.2 Å². The van der Waals surface area contributed by atoms with Gasteiger partial charge in [0.15, 0.2) is 0 Å². The van der Waals surface area contributed by atoms with Gasteiger partial charge in [-0.25, -0.2) is 4.79 Å². The Morgan fingerprint density at radius 2 is 1.94 bits per heavy atom. The van der Waals surface area contributed by atoms with Crippen LogP contribution < -0.4 is 0 Å². The predicted octanol–water partition coefficient (Wildman–Crippen LogP) is 4.39. The molecule has 96 valence electrons. The van der Waals surface area contributed by atoms with E-state index in [9.17, 15) is 4.79 Å². The number of carbonyl (C=O) groups is 1. The molecule has 0 aliphatic heterocycles. The maximum atomic E-state index is 12.0. The number of aryl methyl sites for hydroxylation is 1. The molecule has 0 aliphatic rings. The number of benzene rings is 1. The van der Waals surface area contributed by atoms with Crippen LogP contribution in [0.5, 0.6) is 0 Å². The first kappa shape index (κ1) is 13.0. The summed E-state index contributed by atoms with van der Waals surface area (Å²) in [6, 6.07) is 5.60. The van der Waals surface area contributed by atoms with Gasteiger partial charge in [-0.2, -0.15) is 0 Å². The Kier molecular flexibility index (Phi) is 3.11. The SMILES string of the molecule is Cc1ccc2c(ccn2C(=O)OC(C)(C)C)c1Cl. The molecule has 0 atom stereocenters. The highest BCUT2D eigenvalue weighted by atomic mass is 35.5. The minimum absolute atomic E-state index is 0.391. The molecule has 18 heavy (non-hydrogen) atoms. The molecule has 0 radical (unpaired) electrons. The standard InChI is InChI=1S/C14H16ClNO2/c1-9-5-6-11-10(12(9)15)7-8-16(11)13(17)18-14(2,3)4/h5-8H,1-4H3. The first-order valence-corrected chi connectivity index (χ1v) is 6.17. The van der Waals surface area contributed by atoms with Crippen molar-refractivity contribution in [2.24, 2.45) is 0 Å². The van der Waals surface area contributed by atoms with Crippen LogP contribution in [0.1, 0.15) is 26.3 Å². The van der Waals surface area contributed by atoms with Gasteiger partial charge in [0.1, 0.15) is 5.60 Å². The average molecular weight is 266 g/mol. The number of carbonyl (C=O) groups excluding carboxylic acids is 1. The molecule has 4 heteroatoms. The van der Waals surface area contributed by atoms with Gasteiger partial charge in [-0.05, 0) is 45.4 Å². The third-order valence-electron chi connectivity index (χ3n) is 2.59. The first-order valence-electron chi connectivity index (χ1n) is 5.79. The summed E-state index contributed by atoms with van der Waals surface area (Å²) >= 11 is 6.21. The molecule has 0 spiro atoms. The van der Waals surface area contributed by atoms with Crippen LogP contribution in [0.25, 0.3) is 10.9 Å². The average Bonchev–Trinajstić information content (AvgIpc) is 2.65. The number of hydrogen-bond acceptors (Lipinski definition) is 2. The second-order valence-corrected chi connectivity index (χ2v) is 5.67. The molecule has 3 nitrogen and oxygen atoms in total. The number of rotatable bonds is 0. The fourth-order valence-electron chi connectivity index (χ4n) is 1.76. The summed E-state index contributed by atoms with van der Waals surface area (Å²) in [5.41, 5.74) is 1.24. The molecule has 2 aromatic rings. The molecule has 1 heterocycles. The van der Waals surface area contributed by atoms with Crippen LogP contribution >= 0.6 is 11.6 Å². The van der Waals surface area contributed by atoms with Crippen molar-refractivity contribution in [2.75, 3.05) is 0 Å². The summed E-state index contributed by atoms with van der Waals surface area (Å²) in [6.45, 7) is 7.46. The number of hydrogen-bond donors (Lipinski definition) is 0. The normalized spacial score (nSPS) is 11.8. The quantitative estimate of drug-likeness (QED) is 0.707. The number of fused-ring (bicyclic) bond motifs is 1. The molecule has 0 N–H and O–H groups in total. The molecule has 0 fully saturated rings. The Morgan fingerprint density at radius 3 is 2.56 bits per heavy atom. The molecule has 0 unspecified atom stereocenters. The summed E-state index contributed by atoms with van der Waals surface area (Å²) in [6.07, 6.45) is 1.29. The number of aromatic nitrogens is 1. The second kappa shape index (κ2) is 4.32. The van der Waals surface area contributed by atoms with Gasteiger partial charge in [-0.15, -0.1) is 0 Å². The zero-order valence-corrected chi connectivity index (χ0v) is 11.7. The highest BCUT2D eigenvalue weighted by molar-refractivity contribution is 6.36. The smallest absolute Gasteiger partial charge is 0.418 e. The van der Waals surface area contributed by atoms with E-state index in [-0.39, 0.29) is 0 Å². The van der Waals surface area contributed by atoms with Gasteiger partial charge in [-0.3, -0.25) is 4.57 Å². The van der Waals surface area contributed by atoms with E-state index in [0.29, 0.717) is 5.02 Å². The molecule has 0 saturated carbocycles. The van der Waals surface area contributed by atoms with Crippen LogP contribution in [0.4, 0.5) is 4.79 Å². The number of halogens is 1. The van der Waals surface area contributed by atoms with Crippen molar-refractivity contribution < 1.29 is 9.53 Å². The van der Waals surface area contributed by atoms with Crippen molar-refractivity contribution >= 4 is 28.6 Å². The van der Waals surface area contributed by atoms with Crippen LogP contribution in [0.2, 0.25) is 5.02 Å². The number of ether oxygens (including phenoxy) is 1. The summed E-state index contributed by atoms with van der Waals surface area (Å²) in [4.78, 5) is 12.0. The third kappa shape index (κ3) is 2.36. The van der Waals surface area contributed by atoms with E-state index in [2.05, 4.69) is 0 Å².